The summed E-state index contributed by atoms with van der Waals surface area (Å²) in [5.74, 6) is 0.165. The van der Waals surface area contributed by atoms with E-state index in [2.05, 4.69) is 30.5 Å². The lowest BCUT2D eigenvalue weighted by molar-refractivity contribution is 0.514. The second-order valence-electron chi connectivity index (χ2n) is 9.11. The Balaban J connectivity index is 1.33. The van der Waals surface area contributed by atoms with Crippen LogP contribution >= 0.6 is 23.2 Å². The van der Waals surface area contributed by atoms with Gasteiger partial charge in [-0.05, 0) is 64.7 Å². The fourth-order valence-corrected chi connectivity index (χ4v) is 5.71. The second kappa shape index (κ2) is 7.95. The number of anilines is 1. The van der Waals surface area contributed by atoms with Gasteiger partial charge in [0.1, 0.15) is 18.0 Å². The van der Waals surface area contributed by atoms with Crippen molar-refractivity contribution < 1.29 is 4.39 Å². The number of nitrogen functional groups attached to an aromatic ring is 1. The number of fused-ring (bicyclic) bond motifs is 3. The molecule has 0 saturated heterocycles. The normalized spacial score (nSPS) is 19.6. The van der Waals surface area contributed by atoms with Crippen molar-refractivity contribution in [2.24, 2.45) is 5.92 Å². The summed E-state index contributed by atoms with van der Waals surface area (Å²) in [4.78, 5) is 24.8. The Labute approximate surface area is 217 Å². The molecule has 7 rings (SSSR count). The molecule has 13 heteroatoms. The number of benzene rings is 1. The van der Waals surface area contributed by atoms with Gasteiger partial charge in [-0.15, -0.1) is 5.10 Å². The van der Waals surface area contributed by atoms with Crippen LogP contribution in [0.1, 0.15) is 29.9 Å². The quantitative estimate of drug-likeness (QED) is 0.332. The first-order valence-corrected chi connectivity index (χ1v) is 12.1. The molecule has 0 radical (unpaired) electrons. The minimum atomic E-state index is -0.755. The predicted molar refractivity (Wildman–Crippen MR) is 134 cm³/mol. The van der Waals surface area contributed by atoms with Crippen molar-refractivity contribution in [1.29, 1.82) is 0 Å². The minimum absolute atomic E-state index is 0.0629. The van der Waals surface area contributed by atoms with E-state index in [1.165, 1.54) is 23.1 Å². The molecule has 5 aromatic rings. The molecule has 1 fully saturated rings. The maximum atomic E-state index is 14.5. The van der Waals surface area contributed by atoms with Gasteiger partial charge < -0.3 is 15.3 Å². The van der Waals surface area contributed by atoms with E-state index in [4.69, 9.17) is 28.9 Å². The molecule has 10 nitrogen and oxygen atoms in total. The number of imidazole rings is 1. The maximum Gasteiger partial charge on any atom is 0.252 e. The van der Waals surface area contributed by atoms with Crippen LogP contribution in [0.25, 0.3) is 28.1 Å². The number of nitrogens with one attached hydrogen (secondary N) is 1. The van der Waals surface area contributed by atoms with Gasteiger partial charge in [0.2, 0.25) is 5.95 Å². The number of nitrogens with two attached hydrogens (primary N) is 1. The monoisotopic (exact) mass is 535 g/mol. The number of H-pyrrole nitrogens is 1. The highest BCUT2D eigenvalue weighted by Crippen LogP contribution is 2.60. The van der Waals surface area contributed by atoms with Crippen molar-refractivity contribution in [2.45, 2.75) is 18.4 Å². The molecular weight excluding hydrogens is 520 g/mol. The standard InChI is InChI=1S/C24H16Cl2FN9O/c25-11-1-3-16(35-9-29-33-34-35)13(7-11)10-5-17-14-8-15(14)21(36(17)19(37)6-10)24-31-20(22(26)32-24)12-2-4-18(28)30-23(12)27/h1-7,9,14-15,21H,8H2,(H2,28,30)(H,31,32). The van der Waals surface area contributed by atoms with Crippen LogP contribution in [0.5, 0.6) is 0 Å². The van der Waals surface area contributed by atoms with E-state index < -0.39 is 5.95 Å². The Morgan fingerprint density at radius 1 is 1.08 bits per heavy atom. The number of hydrogen-bond donors (Lipinski definition) is 2. The van der Waals surface area contributed by atoms with Gasteiger partial charge in [-0.1, -0.05) is 23.2 Å². The van der Waals surface area contributed by atoms with E-state index in [9.17, 15) is 9.18 Å². The van der Waals surface area contributed by atoms with E-state index in [1.807, 2.05) is 6.07 Å². The molecule has 3 atom stereocenters. The highest BCUT2D eigenvalue weighted by molar-refractivity contribution is 6.32. The van der Waals surface area contributed by atoms with Gasteiger partial charge >= 0.3 is 0 Å². The summed E-state index contributed by atoms with van der Waals surface area (Å²) in [6.07, 6.45) is 2.38. The van der Waals surface area contributed by atoms with Gasteiger partial charge in [-0.25, -0.2) is 9.97 Å². The first kappa shape index (κ1) is 22.1. The number of hydrogen-bond acceptors (Lipinski definition) is 7. The van der Waals surface area contributed by atoms with E-state index in [-0.39, 0.29) is 40.0 Å². The predicted octanol–water partition coefficient (Wildman–Crippen LogP) is 4.01. The average molecular weight is 536 g/mol. The first-order valence-electron chi connectivity index (χ1n) is 11.4. The molecule has 1 aliphatic heterocycles. The largest absolute Gasteiger partial charge is 0.384 e. The van der Waals surface area contributed by atoms with Crippen LogP contribution in [0, 0.1) is 11.9 Å². The van der Waals surface area contributed by atoms with Crippen LogP contribution in [-0.2, 0) is 0 Å². The Morgan fingerprint density at radius 3 is 2.73 bits per heavy atom. The molecule has 184 valence electrons. The number of tetrazole rings is 1. The highest BCUT2D eigenvalue weighted by atomic mass is 35.5. The molecule has 37 heavy (non-hydrogen) atoms. The zero-order valence-corrected chi connectivity index (χ0v) is 20.3. The van der Waals surface area contributed by atoms with Crippen molar-refractivity contribution in [3.05, 3.63) is 86.8 Å². The summed E-state index contributed by atoms with van der Waals surface area (Å²) in [7, 11) is 0. The fraction of sp³-hybridized carbons (Fsp3) is 0.167. The molecule has 0 amide bonds. The van der Waals surface area contributed by atoms with Crippen LogP contribution in [0.15, 0.2) is 53.6 Å². The first-order chi connectivity index (χ1) is 17.9. The Hall–Kier alpha value is -4.09. The average Bonchev–Trinajstić information content (AvgIpc) is 3.17. The van der Waals surface area contributed by atoms with Crippen LogP contribution < -0.4 is 11.3 Å². The fourth-order valence-electron chi connectivity index (χ4n) is 5.29. The van der Waals surface area contributed by atoms with Gasteiger partial charge in [0.15, 0.2) is 5.15 Å². The lowest BCUT2D eigenvalue weighted by Gasteiger charge is -2.17. The van der Waals surface area contributed by atoms with E-state index in [0.29, 0.717) is 27.8 Å². The zero-order valence-electron chi connectivity index (χ0n) is 18.8. The number of aromatic nitrogens is 8. The Kier molecular flexibility index (Phi) is 4.76. The number of rotatable bonds is 4. The van der Waals surface area contributed by atoms with Gasteiger partial charge in [0.25, 0.3) is 5.56 Å². The van der Waals surface area contributed by atoms with Crippen molar-refractivity contribution >= 4 is 29.0 Å². The SMILES string of the molecule is Nc1ccc(-c2[nH]c(C3C4CC4c4cc(-c5cc(Cl)ccc5-n5cnnn5)cc(=O)n43)nc2Cl)c(F)n1. The molecular formula is C24H16Cl2FN9O. The van der Waals surface area contributed by atoms with E-state index in [0.717, 1.165) is 17.7 Å². The van der Waals surface area contributed by atoms with Crippen LogP contribution in [0.2, 0.25) is 10.2 Å². The molecule has 2 aliphatic rings. The molecule has 3 unspecified atom stereocenters. The van der Waals surface area contributed by atoms with Gasteiger partial charge in [0.05, 0.1) is 23.0 Å². The summed E-state index contributed by atoms with van der Waals surface area (Å²) >= 11 is 12.7. The third-order valence-corrected chi connectivity index (χ3v) is 7.47. The summed E-state index contributed by atoms with van der Waals surface area (Å²) in [5, 5.41) is 12.0. The zero-order chi connectivity index (χ0) is 25.4. The summed E-state index contributed by atoms with van der Waals surface area (Å²) < 4.78 is 17.7. The number of pyridine rings is 2. The molecule has 1 aromatic carbocycles. The minimum Gasteiger partial charge on any atom is -0.384 e. The summed E-state index contributed by atoms with van der Waals surface area (Å²) in [5.41, 5.74) is 8.87. The molecule has 0 spiro atoms. The topological polar surface area (TPSA) is 133 Å². The molecule has 5 heterocycles. The number of aromatic amines is 1. The molecule has 3 N–H and O–H groups in total. The third kappa shape index (κ3) is 3.45. The van der Waals surface area contributed by atoms with Crippen molar-refractivity contribution in [3.8, 4) is 28.1 Å². The van der Waals surface area contributed by atoms with Crippen LogP contribution in [-0.4, -0.2) is 39.7 Å². The Morgan fingerprint density at radius 2 is 1.95 bits per heavy atom. The smallest absolute Gasteiger partial charge is 0.252 e. The third-order valence-electron chi connectivity index (χ3n) is 6.96. The van der Waals surface area contributed by atoms with Crippen LogP contribution in [0.3, 0.4) is 0 Å². The molecule has 1 aliphatic carbocycles. The molecule has 4 aromatic heterocycles. The van der Waals surface area contributed by atoms with Gasteiger partial charge in [0, 0.05) is 28.3 Å². The van der Waals surface area contributed by atoms with Crippen LogP contribution in [0.4, 0.5) is 10.2 Å². The van der Waals surface area contributed by atoms with Crippen molar-refractivity contribution in [1.82, 2.24) is 39.7 Å². The van der Waals surface area contributed by atoms with Gasteiger partial charge in [-0.2, -0.15) is 9.07 Å². The van der Waals surface area contributed by atoms with Crippen molar-refractivity contribution in [3.63, 3.8) is 0 Å². The highest BCUT2D eigenvalue weighted by Gasteiger charge is 2.54. The van der Waals surface area contributed by atoms with E-state index in [1.54, 1.807) is 28.8 Å². The summed E-state index contributed by atoms with van der Waals surface area (Å²) in [6, 6.07) is 11.5. The number of halogens is 3. The van der Waals surface area contributed by atoms with Crippen molar-refractivity contribution in [2.75, 3.05) is 5.73 Å². The van der Waals surface area contributed by atoms with E-state index >= 15 is 0 Å². The molecule has 0 bridgehead atoms. The van der Waals surface area contributed by atoms with Gasteiger partial charge in [-0.3, -0.25) is 4.79 Å². The Bertz CT molecular complexity index is 1760. The second-order valence-corrected chi connectivity index (χ2v) is 9.90. The maximum absolute atomic E-state index is 14.5. The lowest BCUT2D eigenvalue weighted by Crippen LogP contribution is -2.26. The summed E-state index contributed by atoms with van der Waals surface area (Å²) in [6.45, 7) is 0. The lowest BCUT2D eigenvalue weighted by atomic mass is 10.0. The molecule has 1 saturated carbocycles. The number of nitrogens with zero attached hydrogens (tertiary/aromatic N) is 7.